The molecule has 10 heteroatoms. The Kier molecular flexibility index (Phi) is 11.7. The molecule has 4 N–H and O–H groups in total. The van der Waals surface area contributed by atoms with Gasteiger partial charge in [-0.05, 0) is 171 Å². The highest BCUT2D eigenvalue weighted by Gasteiger charge is 2.27. The van der Waals surface area contributed by atoms with E-state index in [4.69, 9.17) is 25.8 Å². The highest BCUT2D eigenvalue weighted by atomic mass is 31.1. The third kappa shape index (κ3) is 7.41. The zero-order chi connectivity index (χ0) is 43.1. The van der Waals surface area contributed by atoms with E-state index >= 15 is 0 Å². The first-order chi connectivity index (χ1) is 29.8. The van der Waals surface area contributed by atoms with Crippen LogP contribution in [0.15, 0.2) is 126 Å². The fourth-order valence-electron chi connectivity index (χ4n) is 9.26. The van der Waals surface area contributed by atoms with Gasteiger partial charge in [0, 0.05) is 32.7 Å². The maximum atomic E-state index is 7.18. The van der Waals surface area contributed by atoms with E-state index in [-0.39, 0.29) is 11.0 Å². The lowest BCUT2D eigenvalue weighted by atomic mass is 9.87. The van der Waals surface area contributed by atoms with E-state index in [1.807, 2.05) is 12.1 Å². The lowest BCUT2D eigenvalue weighted by Gasteiger charge is -2.22. The number of rotatable bonds is 5. The van der Waals surface area contributed by atoms with Gasteiger partial charge in [0.1, 0.15) is 33.8 Å². The second-order valence-electron chi connectivity index (χ2n) is 16.9. The Bertz CT molecular complexity index is 3430. The van der Waals surface area contributed by atoms with Crippen LogP contribution in [0.2, 0.25) is 0 Å². The Morgan fingerprint density at radius 1 is 0.375 bits per heavy atom. The minimum Gasteiger partial charge on any atom is -0.412 e. The van der Waals surface area contributed by atoms with Crippen LogP contribution in [0.1, 0.15) is 55.6 Å². The molecule has 0 aliphatic carbocycles. The van der Waals surface area contributed by atoms with Gasteiger partial charge in [0.05, 0.1) is 0 Å². The first-order valence-corrected chi connectivity index (χ1v) is 23.2. The highest BCUT2D eigenvalue weighted by Crippen LogP contribution is 2.52. The molecule has 0 unspecified atom stereocenters. The van der Waals surface area contributed by atoms with Crippen molar-refractivity contribution < 1.29 is 36.8 Å². The van der Waals surface area contributed by atoms with Crippen LogP contribution in [0.25, 0.3) is 76.5 Å². The molecule has 10 rings (SSSR count). The van der Waals surface area contributed by atoms with Crippen LogP contribution in [-0.4, -0.2) is 11.0 Å². The molecule has 0 aliphatic heterocycles. The normalized spacial score (nSPS) is 11.3. The predicted molar refractivity (Wildman–Crippen MR) is 266 cm³/mol. The summed E-state index contributed by atoms with van der Waals surface area (Å²) in [5, 5.41) is 8.41. The molecule has 0 amide bonds. The average molecular weight is 891 g/mol. The third-order valence-electron chi connectivity index (χ3n) is 12.4. The lowest BCUT2D eigenvalue weighted by Crippen LogP contribution is -2.01. The first-order valence-electron chi connectivity index (χ1n) is 21.0. The van der Waals surface area contributed by atoms with Crippen LogP contribution in [0.5, 0.6) is 11.5 Å². The van der Waals surface area contributed by atoms with Gasteiger partial charge in [-0.1, -0.05) is 84.9 Å². The summed E-state index contributed by atoms with van der Waals surface area (Å²) in [6.07, 6.45) is 0. The molecule has 0 bridgehead atoms. The van der Waals surface area contributed by atoms with Crippen molar-refractivity contribution in [2.75, 3.05) is 0 Å². The number of aryl methyl sites for hydroxylation is 8. The molecule has 0 atom stereocenters. The smallest absolute Gasteiger partial charge is 0.412 e. The third-order valence-corrected chi connectivity index (χ3v) is 14.4. The van der Waals surface area contributed by atoms with E-state index in [1.165, 1.54) is 0 Å². The van der Waals surface area contributed by atoms with Gasteiger partial charge < -0.3 is 36.8 Å². The minimum atomic E-state index is -2.02. The molecule has 0 aliphatic rings. The van der Waals surface area contributed by atoms with Crippen molar-refractivity contribution in [2.45, 2.75) is 69.2 Å². The van der Waals surface area contributed by atoms with E-state index in [9.17, 15) is 0 Å². The van der Waals surface area contributed by atoms with Crippen LogP contribution >= 0.6 is 16.5 Å². The predicted octanol–water partition coefficient (Wildman–Crippen LogP) is 16.0. The average Bonchev–Trinajstić information content (AvgIpc) is 3.51. The Morgan fingerprint density at radius 3 is 1.19 bits per heavy atom. The van der Waals surface area contributed by atoms with Crippen molar-refractivity contribution in [3.05, 3.63) is 165 Å². The summed E-state index contributed by atoms with van der Waals surface area (Å²) in [5.74, 6) is 1.35. The van der Waals surface area contributed by atoms with Gasteiger partial charge in [0.15, 0.2) is 0 Å². The van der Waals surface area contributed by atoms with Crippen LogP contribution in [-0.2, 0) is 0 Å². The minimum absolute atomic E-state index is 0. The molecule has 2 heterocycles. The molecular weight excluding hydrogens is 839 g/mol. The fraction of sp³-hybridized carbons (Fsp3) is 0.185. The van der Waals surface area contributed by atoms with E-state index < -0.39 is 16.5 Å². The second-order valence-corrected chi connectivity index (χ2v) is 18.9. The van der Waals surface area contributed by atoms with Crippen LogP contribution in [0.3, 0.4) is 0 Å². The van der Waals surface area contributed by atoms with Gasteiger partial charge in [0.2, 0.25) is 0 Å². The summed E-state index contributed by atoms with van der Waals surface area (Å²) in [7, 11) is -3.99. The summed E-state index contributed by atoms with van der Waals surface area (Å²) in [5.41, 5.74) is 15.5. The monoisotopic (exact) mass is 890 g/mol. The van der Waals surface area contributed by atoms with Crippen molar-refractivity contribution in [1.82, 2.24) is 0 Å². The molecule has 0 saturated carbocycles. The highest BCUT2D eigenvalue weighted by molar-refractivity contribution is 7.32. The molecule has 0 spiro atoms. The van der Waals surface area contributed by atoms with Gasteiger partial charge in [-0.15, -0.1) is 0 Å². The van der Waals surface area contributed by atoms with Crippen molar-refractivity contribution in [1.29, 1.82) is 0 Å². The van der Waals surface area contributed by atoms with E-state index in [0.29, 0.717) is 22.7 Å². The van der Waals surface area contributed by atoms with E-state index in [2.05, 4.69) is 166 Å². The fourth-order valence-corrected chi connectivity index (χ4v) is 11.7. The van der Waals surface area contributed by atoms with E-state index in [0.717, 1.165) is 121 Å². The molecule has 0 radical (unpaired) electrons. The maximum Gasteiger partial charge on any atom is 0.453 e. The van der Waals surface area contributed by atoms with Crippen molar-refractivity contribution in [3.63, 3.8) is 0 Å². The summed E-state index contributed by atoms with van der Waals surface area (Å²) in [6.45, 7) is 21.2. The Morgan fingerprint density at radius 2 is 0.766 bits per heavy atom. The van der Waals surface area contributed by atoms with Crippen LogP contribution in [0, 0.1) is 69.2 Å². The second kappa shape index (κ2) is 17.0. The molecule has 0 saturated heterocycles. The van der Waals surface area contributed by atoms with Crippen LogP contribution < -0.4 is 9.05 Å². The Hall–Kier alpha value is -6.40. The quantitative estimate of drug-likeness (QED) is 0.169. The first kappa shape index (κ1) is 44.2. The molecule has 64 heavy (non-hydrogen) atoms. The molecular formula is C54H52O8P2. The molecule has 10 aromatic rings. The number of benzene rings is 8. The number of fused-ring (bicyclic) bond motifs is 10. The zero-order valence-electron chi connectivity index (χ0n) is 37.7. The maximum absolute atomic E-state index is 7.18. The summed E-state index contributed by atoms with van der Waals surface area (Å²) in [6, 6.07) is 38.2. The van der Waals surface area contributed by atoms with Gasteiger partial charge in [-0.2, -0.15) is 0 Å². The van der Waals surface area contributed by atoms with Gasteiger partial charge in [-0.3, -0.25) is 0 Å². The lowest BCUT2D eigenvalue weighted by molar-refractivity contribution is 0.491. The Labute approximate surface area is 373 Å². The van der Waals surface area contributed by atoms with Gasteiger partial charge >= 0.3 is 16.5 Å². The number of hydrogen-bond acceptors (Lipinski definition) is 6. The van der Waals surface area contributed by atoms with E-state index in [1.54, 1.807) is 0 Å². The number of hydrogen-bond donors (Lipinski definition) is 0. The molecule has 2 aromatic heterocycles. The standard InChI is InChI=1S/C54H48O6P2.2H2O/c1-29-23-33(5)51-43(25-29)44-26-30(2)24-34(6)52(44)58-62(57-51)60-54-36(8)28-32(4)38(10)48(54)47-37(9)31(3)27-35(7)53(47)59-61-55-45-21-19-39-15-11-13-17-41(39)49(45)50-42-18-14-12-16-40(42)20-22-46(50)56-61;;/h11-28H,1-10H3;2*1H2. The molecule has 8 nitrogen and oxygen atoms in total. The summed E-state index contributed by atoms with van der Waals surface area (Å²) in [4.78, 5) is 0. The van der Waals surface area contributed by atoms with Gasteiger partial charge in [-0.25, -0.2) is 0 Å². The van der Waals surface area contributed by atoms with Crippen molar-refractivity contribution in [2.24, 2.45) is 0 Å². The largest absolute Gasteiger partial charge is 0.453 e. The van der Waals surface area contributed by atoms with Crippen molar-refractivity contribution >= 4 is 81.9 Å². The summed E-state index contributed by atoms with van der Waals surface area (Å²) < 4.78 is 41.9. The molecule has 326 valence electrons. The SMILES string of the molecule is Cc1cc(C)c2op(Oc3c(C)cc(C)c(C)c3-c3c(C)c(C)cc(C)c3Op3oc4ccc5ccccc5c4c4c(ccc5ccccc54)o3)oc3c(C)cc(C)cc3c2c1.O.O. The van der Waals surface area contributed by atoms with Crippen molar-refractivity contribution in [3.8, 4) is 22.6 Å². The molecule has 8 aromatic carbocycles. The molecule has 0 fully saturated rings. The van der Waals surface area contributed by atoms with Crippen LogP contribution in [0.4, 0.5) is 0 Å². The Balaban J connectivity index is 0.00000280. The topological polar surface area (TPSA) is 134 Å². The zero-order valence-corrected chi connectivity index (χ0v) is 39.5. The van der Waals surface area contributed by atoms with Gasteiger partial charge in [0.25, 0.3) is 0 Å². The summed E-state index contributed by atoms with van der Waals surface area (Å²) >= 11 is 0.